The molecular formula is C17H25N3O4. The average molecular weight is 335 g/mol. The van der Waals surface area contributed by atoms with Crippen LogP contribution >= 0.6 is 0 Å². The fourth-order valence-electron chi connectivity index (χ4n) is 3.09. The molecule has 132 valence electrons. The Morgan fingerprint density at radius 2 is 2.04 bits per heavy atom. The topological polar surface area (TPSA) is 104 Å². The van der Waals surface area contributed by atoms with Crippen LogP contribution in [0.1, 0.15) is 49.8 Å². The lowest BCUT2D eigenvalue weighted by Crippen LogP contribution is -2.44. The maximum Gasteiger partial charge on any atom is 0.315 e. The van der Waals surface area contributed by atoms with E-state index >= 15 is 0 Å². The molecule has 7 heteroatoms. The molecule has 1 aliphatic rings. The zero-order valence-corrected chi connectivity index (χ0v) is 14.1. The molecule has 0 spiro atoms. The summed E-state index contributed by atoms with van der Waals surface area (Å²) < 4.78 is 0. The van der Waals surface area contributed by atoms with Crippen LogP contribution in [0.15, 0.2) is 18.2 Å². The predicted octanol–water partition coefficient (Wildman–Crippen LogP) is 2.81. The molecule has 1 unspecified atom stereocenters. The molecule has 0 aliphatic heterocycles. The second-order valence-electron chi connectivity index (χ2n) is 6.54. The summed E-state index contributed by atoms with van der Waals surface area (Å²) in [6.07, 6.45) is 3.56. The molecule has 2 rings (SSSR count). The number of aryl methyl sites for hydroxylation is 1. The number of amides is 2. The first-order valence-corrected chi connectivity index (χ1v) is 8.33. The fraction of sp³-hybridized carbons (Fsp3) is 0.588. The number of urea groups is 1. The van der Waals surface area contributed by atoms with Gasteiger partial charge in [0.1, 0.15) is 0 Å². The highest BCUT2D eigenvalue weighted by Gasteiger charge is 2.22. The van der Waals surface area contributed by atoms with Crippen molar-refractivity contribution < 1.29 is 14.8 Å². The summed E-state index contributed by atoms with van der Waals surface area (Å²) >= 11 is 0. The number of aliphatic hydroxyl groups is 1. The highest BCUT2D eigenvalue weighted by atomic mass is 16.6. The minimum atomic E-state index is -0.411. The van der Waals surface area contributed by atoms with Crippen molar-refractivity contribution in [2.75, 3.05) is 6.61 Å². The van der Waals surface area contributed by atoms with Crippen molar-refractivity contribution in [1.82, 2.24) is 10.6 Å². The van der Waals surface area contributed by atoms with E-state index in [9.17, 15) is 14.9 Å². The van der Waals surface area contributed by atoms with Crippen molar-refractivity contribution in [3.8, 4) is 0 Å². The third-order valence-electron chi connectivity index (χ3n) is 4.72. The van der Waals surface area contributed by atoms with Crippen LogP contribution in [0.5, 0.6) is 0 Å². The fourth-order valence-corrected chi connectivity index (χ4v) is 3.09. The van der Waals surface area contributed by atoms with Crippen LogP contribution in [0.3, 0.4) is 0 Å². The van der Waals surface area contributed by atoms with Crippen molar-refractivity contribution in [2.24, 2.45) is 5.92 Å². The van der Waals surface area contributed by atoms with Crippen molar-refractivity contribution in [1.29, 1.82) is 0 Å². The van der Waals surface area contributed by atoms with Gasteiger partial charge in [-0.1, -0.05) is 12.1 Å². The Balaban J connectivity index is 1.90. The highest BCUT2D eigenvalue weighted by molar-refractivity contribution is 5.74. The third kappa shape index (κ3) is 4.67. The molecule has 0 heterocycles. The Morgan fingerprint density at radius 1 is 1.38 bits per heavy atom. The number of carbonyl (C=O) groups excluding carboxylic acids is 1. The first kappa shape index (κ1) is 18.2. The molecule has 1 fully saturated rings. The molecule has 0 radical (unpaired) electrons. The minimum absolute atomic E-state index is 0.0592. The zero-order valence-electron chi connectivity index (χ0n) is 14.1. The summed E-state index contributed by atoms with van der Waals surface area (Å²) in [5.74, 6) is 0.346. The molecule has 1 atom stereocenters. The SMILES string of the molecule is Cc1ccc(C(C)NC(=O)NC2CCC(CO)CC2)cc1[N+](=O)[O-]. The summed E-state index contributed by atoms with van der Waals surface area (Å²) in [6.45, 7) is 3.70. The number of carbonyl (C=O) groups is 1. The Bertz CT molecular complexity index is 597. The molecule has 2 amide bonds. The van der Waals surface area contributed by atoms with Crippen LogP contribution in [0, 0.1) is 23.0 Å². The Morgan fingerprint density at radius 3 is 2.62 bits per heavy atom. The third-order valence-corrected chi connectivity index (χ3v) is 4.72. The van der Waals surface area contributed by atoms with Crippen molar-refractivity contribution in [3.05, 3.63) is 39.4 Å². The predicted molar refractivity (Wildman–Crippen MR) is 90.7 cm³/mol. The standard InChI is InChI=1S/C17H25N3O4/c1-11-3-6-14(9-16(11)20(23)24)12(2)18-17(22)19-15-7-4-13(10-21)5-8-15/h3,6,9,12-13,15,21H,4-5,7-8,10H2,1-2H3,(H2,18,19,22). The normalized spacial score (nSPS) is 21.8. The van der Waals surface area contributed by atoms with E-state index in [1.165, 1.54) is 6.07 Å². The minimum Gasteiger partial charge on any atom is -0.396 e. The van der Waals surface area contributed by atoms with Crippen LogP contribution < -0.4 is 10.6 Å². The van der Waals surface area contributed by atoms with Gasteiger partial charge in [-0.05, 0) is 51.0 Å². The van der Waals surface area contributed by atoms with Crippen LogP contribution in [0.2, 0.25) is 0 Å². The number of hydrogen-bond donors (Lipinski definition) is 3. The van der Waals surface area contributed by atoms with Gasteiger partial charge in [0, 0.05) is 24.3 Å². The van der Waals surface area contributed by atoms with Crippen molar-refractivity contribution in [3.63, 3.8) is 0 Å². The number of nitro groups is 1. The van der Waals surface area contributed by atoms with Gasteiger partial charge < -0.3 is 15.7 Å². The molecule has 1 aromatic rings. The van der Waals surface area contributed by atoms with Gasteiger partial charge in [-0.15, -0.1) is 0 Å². The number of hydrogen-bond acceptors (Lipinski definition) is 4. The monoisotopic (exact) mass is 335 g/mol. The van der Waals surface area contributed by atoms with E-state index in [2.05, 4.69) is 10.6 Å². The van der Waals surface area contributed by atoms with Crippen molar-refractivity contribution >= 4 is 11.7 Å². The lowest BCUT2D eigenvalue weighted by Gasteiger charge is -2.28. The second kappa shape index (κ2) is 8.10. The lowest BCUT2D eigenvalue weighted by molar-refractivity contribution is -0.385. The Kier molecular flexibility index (Phi) is 6.14. The summed E-state index contributed by atoms with van der Waals surface area (Å²) in [7, 11) is 0. The second-order valence-corrected chi connectivity index (χ2v) is 6.54. The summed E-state index contributed by atoms with van der Waals surface area (Å²) in [6, 6.07) is 4.52. The first-order chi connectivity index (χ1) is 11.4. The largest absolute Gasteiger partial charge is 0.396 e. The summed E-state index contributed by atoms with van der Waals surface area (Å²) in [5.41, 5.74) is 1.36. The van der Waals surface area contributed by atoms with Crippen LogP contribution in [-0.2, 0) is 0 Å². The van der Waals surface area contributed by atoms with Crippen LogP contribution in [0.25, 0.3) is 0 Å². The Hall–Kier alpha value is -2.15. The van der Waals surface area contributed by atoms with E-state index < -0.39 is 4.92 Å². The maximum atomic E-state index is 12.1. The van der Waals surface area contributed by atoms with Crippen molar-refractivity contribution in [2.45, 2.75) is 51.6 Å². The molecule has 1 aromatic carbocycles. The number of nitrogens with one attached hydrogen (secondary N) is 2. The summed E-state index contributed by atoms with van der Waals surface area (Å²) in [4.78, 5) is 22.7. The lowest BCUT2D eigenvalue weighted by atomic mass is 9.87. The molecule has 0 saturated heterocycles. The van der Waals surface area contributed by atoms with Gasteiger partial charge in [-0.2, -0.15) is 0 Å². The Labute approximate surface area is 141 Å². The highest BCUT2D eigenvalue weighted by Crippen LogP contribution is 2.25. The average Bonchev–Trinajstić information content (AvgIpc) is 2.55. The van der Waals surface area contributed by atoms with Gasteiger partial charge in [-0.3, -0.25) is 10.1 Å². The molecule has 7 nitrogen and oxygen atoms in total. The van der Waals surface area contributed by atoms with E-state index in [0.29, 0.717) is 17.0 Å². The van der Waals surface area contributed by atoms with Gasteiger partial charge in [-0.25, -0.2) is 4.79 Å². The van der Waals surface area contributed by atoms with Gasteiger partial charge in [0.2, 0.25) is 0 Å². The number of nitrogens with zero attached hydrogens (tertiary/aromatic N) is 1. The molecule has 0 aromatic heterocycles. The van der Waals surface area contributed by atoms with E-state index in [1.54, 1.807) is 26.0 Å². The van der Waals surface area contributed by atoms with Gasteiger partial charge in [0.15, 0.2) is 0 Å². The summed E-state index contributed by atoms with van der Waals surface area (Å²) in [5, 5.41) is 25.9. The zero-order chi connectivity index (χ0) is 17.7. The first-order valence-electron chi connectivity index (χ1n) is 8.33. The van der Waals surface area contributed by atoms with E-state index in [-0.39, 0.29) is 30.4 Å². The number of nitro benzene ring substituents is 1. The van der Waals surface area contributed by atoms with Gasteiger partial charge in [0.05, 0.1) is 11.0 Å². The maximum absolute atomic E-state index is 12.1. The quantitative estimate of drug-likeness (QED) is 0.568. The van der Waals surface area contributed by atoms with Gasteiger partial charge in [0.25, 0.3) is 5.69 Å². The molecule has 24 heavy (non-hydrogen) atoms. The number of benzene rings is 1. The van der Waals surface area contributed by atoms with E-state index in [4.69, 9.17) is 5.11 Å². The van der Waals surface area contributed by atoms with E-state index in [1.807, 2.05) is 0 Å². The van der Waals surface area contributed by atoms with Crippen LogP contribution in [0.4, 0.5) is 10.5 Å². The van der Waals surface area contributed by atoms with Crippen LogP contribution in [-0.4, -0.2) is 28.7 Å². The smallest absolute Gasteiger partial charge is 0.315 e. The molecule has 0 bridgehead atoms. The molecule has 1 saturated carbocycles. The molecule has 1 aliphatic carbocycles. The van der Waals surface area contributed by atoms with E-state index in [0.717, 1.165) is 25.7 Å². The molecular weight excluding hydrogens is 310 g/mol. The van der Waals surface area contributed by atoms with Gasteiger partial charge >= 0.3 is 6.03 Å². The molecule has 3 N–H and O–H groups in total. The number of rotatable bonds is 5. The number of aliphatic hydroxyl groups excluding tert-OH is 1.